The number of ether oxygens (including phenoxy) is 1. The Kier molecular flexibility index (Phi) is 5.97. The van der Waals surface area contributed by atoms with Gasteiger partial charge in [-0.1, -0.05) is 28.1 Å². The summed E-state index contributed by atoms with van der Waals surface area (Å²) in [4.78, 5) is 23.5. The van der Waals surface area contributed by atoms with Crippen LogP contribution in [-0.4, -0.2) is 29.7 Å². The number of hydrogen-bond acceptors (Lipinski definition) is 3. The van der Waals surface area contributed by atoms with Gasteiger partial charge < -0.3 is 15.2 Å². The third-order valence-corrected chi connectivity index (χ3v) is 4.35. The van der Waals surface area contributed by atoms with E-state index in [-0.39, 0.29) is 24.3 Å². The zero-order valence-electron chi connectivity index (χ0n) is 12.4. The average Bonchev–Trinajstić information content (AvgIpc) is 2.47. The number of benzene rings is 1. The second kappa shape index (κ2) is 7.74. The summed E-state index contributed by atoms with van der Waals surface area (Å²) in [5.41, 5.74) is 0.791. The van der Waals surface area contributed by atoms with E-state index < -0.39 is 12.0 Å². The predicted octanol–water partition coefficient (Wildman–Crippen LogP) is 2.90. The molecule has 1 aliphatic rings. The highest BCUT2D eigenvalue weighted by Gasteiger charge is 2.28. The highest BCUT2D eigenvalue weighted by Crippen LogP contribution is 2.24. The number of rotatable bonds is 5. The quantitative estimate of drug-likeness (QED) is 0.836. The van der Waals surface area contributed by atoms with Gasteiger partial charge in [0.25, 0.3) is 0 Å². The molecule has 6 heteroatoms. The number of halogens is 1. The number of hydrogen-bond donors (Lipinski definition) is 2. The van der Waals surface area contributed by atoms with Gasteiger partial charge in [-0.2, -0.15) is 0 Å². The molecule has 0 bridgehead atoms. The summed E-state index contributed by atoms with van der Waals surface area (Å²) in [7, 11) is 0. The summed E-state index contributed by atoms with van der Waals surface area (Å²) in [6, 6.07) is 6.81. The van der Waals surface area contributed by atoms with E-state index in [4.69, 9.17) is 9.84 Å². The van der Waals surface area contributed by atoms with Gasteiger partial charge >= 0.3 is 5.97 Å². The van der Waals surface area contributed by atoms with Gasteiger partial charge in [0.05, 0.1) is 18.6 Å². The van der Waals surface area contributed by atoms with Crippen LogP contribution in [0.1, 0.15) is 37.8 Å². The largest absolute Gasteiger partial charge is 0.481 e. The predicted molar refractivity (Wildman–Crippen MR) is 85.4 cm³/mol. The fourth-order valence-corrected chi connectivity index (χ4v) is 2.91. The molecule has 1 aliphatic heterocycles. The summed E-state index contributed by atoms with van der Waals surface area (Å²) in [5.74, 6) is -1.15. The van der Waals surface area contributed by atoms with Gasteiger partial charge in [-0.15, -0.1) is 0 Å². The van der Waals surface area contributed by atoms with Crippen molar-refractivity contribution >= 4 is 27.8 Å². The minimum absolute atomic E-state index is 0.0649. The van der Waals surface area contributed by atoms with Gasteiger partial charge in [0.2, 0.25) is 5.91 Å². The zero-order chi connectivity index (χ0) is 16.1. The lowest BCUT2D eigenvalue weighted by Crippen LogP contribution is -2.39. The number of amides is 1. The molecule has 0 aliphatic carbocycles. The Hall–Kier alpha value is -1.40. The standard InChI is InChI=1S/C16H20BrNO4/c1-10-8-12(6-7-22-10)16(21)18-14(9-15(19)20)11-2-4-13(17)5-3-11/h2-5,10,12,14H,6-9H2,1H3,(H,18,21)(H,19,20). The molecule has 1 aromatic carbocycles. The minimum atomic E-state index is -0.937. The van der Waals surface area contributed by atoms with E-state index in [2.05, 4.69) is 21.2 Å². The maximum absolute atomic E-state index is 12.4. The molecule has 0 radical (unpaired) electrons. The zero-order valence-corrected chi connectivity index (χ0v) is 14.0. The average molecular weight is 370 g/mol. The molecular weight excluding hydrogens is 350 g/mol. The summed E-state index contributed by atoms with van der Waals surface area (Å²) in [6.07, 6.45) is 1.28. The first-order valence-corrected chi connectivity index (χ1v) is 8.14. The lowest BCUT2D eigenvalue weighted by atomic mass is 9.94. The van der Waals surface area contributed by atoms with Gasteiger partial charge in [0.1, 0.15) is 0 Å². The van der Waals surface area contributed by atoms with Crippen LogP contribution in [0.2, 0.25) is 0 Å². The van der Waals surface area contributed by atoms with E-state index in [9.17, 15) is 9.59 Å². The summed E-state index contributed by atoms with van der Waals surface area (Å²) >= 11 is 3.35. The van der Waals surface area contributed by atoms with E-state index in [0.29, 0.717) is 19.4 Å². The van der Waals surface area contributed by atoms with Gasteiger partial charge in [-0.3, -0.25) is 9.59 Å². The van der Waals surface area contributed by atoms with Crippen molar-refractivity contribution in [2.75, 3.05) is 6.61 Å². The molecule has 2 rings (SSSR count). The Labute approximate surface area is 138 Å². The Bertz CT molecular complexity index is 531. The van der Waals surface area contributed by atoms with Crippen molar-refractivity contribution in [3.05, 3.63) is 34.3 Å². The first-order valence-electron chi connectivity index (χ1n) is 7.35. The van der Waals surface area contributed by atoms with Crippen LogP contribution >= 0.6 is 15.9 Å². The van der Waals surface area contributed by atoms with Crippen molar-refractivity contribution in [3.63, 3.8) is 0 Å². The molecule has 5 nitrogen and oxygen atoms in total. The summed E-state index contributed by atoms with van der Waals surface area (Å²) in [6.45, 7) is 2.52. The molecule has 1 heterocycles. The third-order valence-electron chi connectivity index (χ3n) is 3.82. The SMILES string of the molecule is CC1CC(C(=O)NC(CC(=O)O)c2ccc(Br)cc2)CCO1. The summed E-state index contributed by atoms with van der Waals surface area (Å²) < 4.78 is 6.36. The van der Waals surface area contributed by atoms with E-state index >= 15 is 0 Å². The van der Waals surface area contributed by atoms with Crippen LogP contribution in [0, 0.1) is 5.92 Å². The lowest BCUT2D eigenvalue weighted by molar-refractivity contribution is -0.138. The van der Waals surface area contributed by atoms with Gasteiger partial charge in [-0.25, -0.2) is 0 Å². The highest BCUT2D eigenvalue weighted by atomic mass is 79.9. The fourth-order valence-electron chi connectivity index (χ4n) is 2.65. The molecule has 1 aromatic rings. The molecule has 3 atom stereocenters. The maximum Gasteiger partial charge on any atom is 0.305 e. The van der Waals surface area contributed by atoms with Crippen molar-refractivity contribution in [2.24, 2.45) is 5.92 Å². The number of nitrogens with one attached hydrogen (secondary N) is 1. The molecule has 0 saturated carbocycles. The molecule has 0 aromatic heterocycles. The van der Waals surface area contributed by atoms with Crippen molar-refractivity contribution in [1.82, 2.24) is 5.32 Å². The van der Waals surface area contributed by atoms with Gasteiger partial charge in [-0.05, 0) is 37.5 Å². The van der Waals surface area contributed by atoms with Crippen molar-refractivity contribution in [2.45, 2.75) is 38.3 Å². The van der Waals surface area contributed by atoms with Crippen molar-refractivity contribution in [3.8, 4) is 0 Å². The second-order valence-electron chi connectivity index (χ2n) is 5.61. The van der Waals surface area contributed by atoms with Crippen LogP contribution < -0.4 is 5.32 Å². The topological polar surface area (TPSA) is 75.6 Å². The first kappa shape index (κ1) is 17.0. The number of carboxylic acids is 1. The molecular formula is C16H20BrNO4. The Morgan fingerprint density at radius 1 is 1.41 bits per heavy atom. The third kappa shape index (κ3) is 4.81. The Morgan fingerprint density at radius 2 is 2.09 bits per heavy atom. The highest BCUT2D eigenvalue weighted by molar-refractivity contribution is 9.10. The van der Waals surface area contributed by atoms with Crippen LogP contribution in [0.3, 0.4) is 0 Å². The minimum Gasteiger partial charge on any atom is -0.481 e. The molecule has 2 N–H and O–H groups in total. The lowest BCUT2D eigenvalue weighted by Gasteiger charge is -2.28. The molecule has 1 saturated heterocycles. The molecule has 120 valence electrons. The number of carbonyl (C=O) groups is 2. The van der Waals surface area contributed by atoms with Crippen molar-refractivity contribution in [1.29, 1.82) is 0 Å². The van der Waals surface area contributed by atoms with Crippen LogP contribution in [0.5, 0.6) is 0 Å². The van der Waals surface area contributed by atoms with E-state index in [1.54, 1.807) is 0 Å². The second-order valence-corrected chi connectivity index (χ2v) is 6.53. The van der Waals surface area contributed by atoms with Gasteiger partial charge in [0, 0.05) is 17.0 Å². The van der Waals surface area contributed by atoms with E-state index in [1.165, 1.54) is 0 Å². The van der Waals surface area contributed by atoms with Crippen LogP contribution in [0.25, 0.3) is 0 Å². The first-order chi connectivity index (χ1) is 10.5. The molecule has 0 spiro atoms. The van der Waals surface area contributed by atoms with E-state index in [1.807, 2.05) is 31.2 Å². The van der Waals surface area contributed by atoms with Crippen LogP contribution in [-0.2, 0) is 14.3 Å². The fraction of sp³-hybridized carbons (Fsp3) is 0.500. The molecule has 3 unspecified atom stereocenters. The van der Waals surface area contributed by atoms with Crippen molar-refractivity contribution < 1.29 is 19.4 Å². The number of carboxylic acid groups (broad SMARTS) is 1. The molecule has 1 fully saturated rings. The number of aliphatic carboxylic acids is 1. The van der Waals surface area contributed by atoms with Crippen LogP contribution in [0.15, 0.2) is 28.7 Å². The Balaban J connectivity index is 2.07. The molecule has 1 amide bonds. The van der Waals surface area contributed by atoms with Crippen LogP contribution in [0.4, 0.5) is 0 Å². The normalized spacial score (nSPS) is 22.8. The molecule has 22 heavy (non-hydrogen) atoms. The Morgan fingerprint density at radius 3 is 2.68 bits per heavy atom. The van der Waals surface area contributed by atoms with E-state index in [0.717, 1.165) is 10.0 Å². The smallest absolute Gasteiger partial charge is 0.305 e. The van der Waals surface area contributed by atoms with Gasteiger partial charge in [0.15, 0.2) is 0 Å². The number of carbonyl (C=O) groups excluding carboxylic acids is 1. The monoisotopic (exact) mass is 369 g/mol. The summed E-state index contributed by atoms with van der Waals surface area (Å²) in [5, 5.41) is 12.0. The maximum atomic E-state index is 12.4.